The molecule has 0 radical (unpaired) electrons. The fraction of sp³-hybridized carbons (Fsp3) is 0.933. The Balaban J connectivity index is 2.75. The second kappa shape index (κ2) is 10.3. The van der Waals surface area contributed by atoms with Crippen LogP contribution in [0.3, 0.4) is 0 Å². The first-order chi connectivity index (χ1) is 11.8. The second-order valence-corrected chi connectivity index (χ2v) is 6.02. The highest BCUT2D eigenvalue weighted by atomic mass is 16.7. The van der Waals surface area contributed by atoms with Gasteiger partial charge < -0.3 is 45.4 Å². The Morgan fingerprint density at radius 2 is 1.80 bits per heavy atom. The molecule has 0 bridgehead atoms. The van der Waals surface area contributed by atoms with E-state index in [0.717, 1.165) is 0 Å². The number of aliphatic hydroxyl groups excluding tert-OH is 6. The molecule has 1 saturated heterocycles. The minimum atomic E-state index is -1.59. The van der Waals surface area contributed by atoms with Crippen molar-refractivity contribution in [1.29, 1.82) is 0 Å². The third-order valence-electron chi connectivity index (χ3n) is 4.18. The maximum Gasteiger partial charge on any atom is 0.220 e. The molecule has 1 rings (SSSR count). The summed E-state index contributed by atoms with van der Waals surface area (Å²) in [7, 11) is 0. The zero-order chi connectivity index (χ0) is 19.1. The lowest BCUT2D eigenvalue weighted by Crippen LogP contribution is -2.60. The van der Waals surface area contributed by atoms with Crippen molar-refractivity contribution in [3.63, 3.8) is 0 Å². The Labute approximate surface area is 146 Å². The number of rotatable bonds is 9. The van der Waals surface area contributed by atoms with E-state index >= 15 is 0 Å². The maximum absolute atomic E-state index is 11.6. The molecule has 10 heteroatoms. The minimum Gasteiger partial charge on any atom is -0.394 e. The number of ether oxygens (including phenoxy) is 2. The topological polar surface area (TPSA) is 169 Å². The molecule has 148 valence electrons. The summed E-state index contributed by atoms with van der Waals surface area (Å²) >= 11 is 0. The summed E-state index contributed by atoms with van der Waals surface area (Å²) in [5, 5.41) is 60.9. The molecule has 0 aliphatic carbocycles. The van der Waals surface area contributed by atoms with Crippen LogP contribution in [0.25, 0.3) is 0 Å². The van der Waals surface area contributed by atoms with Crippen LogP contribution in [0.5, 0.6) is 0 Å². The molecule has 7 N–H and O–H groups in total. The minimum absolute atomic E-state index is 0.158. The van der Waals surface area contributed by atoms with Crippen molar-refractivity contribution in [1.82, 2.24) is 5.32 Å². The number of hydrogen-bond donors (Lipinski definition) is 7. The summed E-state index contributed by atoms with van der Waals surface area (Å²) in [5.74, 6) is -0.371. The number of hydrogen-bond acceptors (Lipinski definition) is 9. The van der Waals surface area contributed by atoms with E-state index in [1.165, 1.54) is 0 Å². The van der Waals surface area contributed by atoms with Crippen LogP contribution in [0.2, 0.25) is 0 Å². The van der Waals surface area contributed by atoms with Gasteiger partial charge in [0.05, 0.1) is 25.4 Å². The van der Waals surface area contributed by atoms with Gasteiger partial charge >= 0.3 is 0 Å². The summed E-state index contributed by atoms with van der Waals surface area (Å²) in [5.41, 5.74) is 0. The van der Waals surface area contributed by atoms with Gasteiger partial charge in [-0.15, -0.1) is 0 Å². The summed E-state index contributed by atoms with van der Waals surface area (Å²) in [4.78, 5) is 11.6. The molecule has 1 fully saturated rings. The lowest BCUT2D eigenvalue weighted by atomic mass is 9.99. The SMILES string of the molecule is CCC(=O)N[C@@H](CO[C@H]1OC(CO)[C@@H](O)[C@H](O)C1O)[C@H](O)[C@H](O)CC. The molecular weight excluding hydrogens is 338 g/mol. The Morgan fingerprint density at radius 1 is 1.16 bits per heavy atom. The first-order valence-electron chi connectivity index (χ1n) is 8.34. The van der Waals surface area contributed by atoms with Crippen molar-refractivity contribution in [2.45, 2.75) is 75.6 Å². The number of carbonyl (C=O) groups is 1. The van der Waals surface area contributed by atoms with E-state index in [-0.39, 0.29) is 25.4 Å². The van der Waals surface area contributed by atoms with Crippen molar-refractivity contribution in [2.24, 2.45) is 0 Å². The van der Waals surface area contributed by atoms with Gasteiger partial charge in [0.15, 0.2) is 6.29 Å². The first kappa shape index (κ1) is 22.2. The van der Waals surface area contributed by atoms with Gasteiger partial charge in [0, 0.05) is 6.42 Å². The molecule has 0 aromatic heterocycles. The van der Waals surface area contributed by atoms with Gasteiger partial charge in [0.1, 0.15) is 30.5 Å². The molecular formula is C15H29NO9. The highest BCUT2D eigenvalue weighted by Crippen LogP contribution is 2.22. The molecule has 1 aliphatic rings. The number of aliphatic hydroxyl groups is 6. The Hall–Kier alpha value is -0.850. The lowest BCUT2D eigenvalue weighted by Gasteiger charge is -2.40. The fourth-order valence-electron chi connectivity index (χ4n) is 2.45. The van der Waals surface area contributed by atoms with E-state index in [1.54, 1.807) is 13.8 Å². The molecule has 8 atom stereocenters. The van der Waals surface area contributed by atoms with E-state index in [9.17, 15) is 30.3 Å². The lowest BCUT2D eigenvalue weighted by molar-refractivity contribution is -0.303. The summed E-state index contributed by atoms with van der Waals surface area (Å²) in [6.45, 7) is 2.35. The molecule has 0 spiro atoms. The first-order valence-corrected chi connectivity index (χ1v) is 8.34. The number of carbonyl (C=O) groups excluding carboxylic acids is 1. The van der Waals surface area contributed by atoms with Gasteiger partial charge in [0.2, 0.25) is 5.91 Å². The monoisotopic (exact) mass is 367 g/mol. The average molecular weight is 367 g/mol. The van der Waals surface area contributed by atoms with Gasteiger partial charge in [-0.3, -0.25) is 4.79 Å². The normalized spacial score (nSPS) is 33.5. The van der Waals surface area contributed by atoms with Crippen molar-refractivity contribution in [3.05, 3.63) is 0 Å². The van der Waals surface area contributed by atoms with Gasteiger partial charge in [-0.2, -0.15) is 0 Å². The summed E-state index contributed by atoms with van der Waals surface area (Å²) in [6, 6.07) is -0.977. The molecule has 1 aliphatic heterocycles. The van der Waals surface area contributed by atoms with Gasteiger partial charge in [0.25, 0.3) is 0 Å². The van der Waals surface area contributed by atoms with E-state index in [2.05, 4.69) is 5.32 Å². The second-order valence-electron chi connectivity index (χ2n) is 6.02. The largest absolute Gasteiger partial charge is 0.394 e. The van der Waals surface area contributed by atoms with E-state index < -0.39 is 55.6 Å². The molecule has 2 unspecified atom stereocenters. The Kier molecular flexibility index (Phi) is 9.17. The number of nitrogens with one attached hydrogen (secondary N) is 1. The quantitative estimate of drug-likeness (QED) is 0.222. The van der Waals surface area contributed by atoms with E-state index in [1.807, 2.05) is 0 Å². The van der Waals surface area contributed by atoms with Gasteiger partial charge in [-0.25, -0.2) is 0 Å². The van der Waals surface area contributed by atoms with Gasteiger partial charge in [-0.05, 0) is 6.42 Å². The van der Waals surface area contributed by atoms with Crippen molar-refractivity contribution in [2.75, 3.05) is 13.2 Å². The molecule has 25 heavy (non-hydrogen) atoms. The van der Waals surface area contributed by atoms with Gasteiger partial charge in [-0.1, -0.05) is 13.8 Å². The average Bonchev–Trinajstić information content (AvgIpc) is 2.62. The van der Waals surface area contributed by atoms with Crippen LogP contribution in [0.4, 0.5) is 0 Å². The van der Waals surface area contributed by atoms with Crippen LogP contribution in [-0.4, -0.2) is 98.7 Å². The molecule has 10 nitrogen and oxygen atoms in total. The zero-order valence-electron chi connectivity index (χ0n) is 14.4. The fourth-order valence-corrected chi connectivity index (χ4v) is 2.45. The highest BCUT2D eigenvalue weighted by Gasteiger charge is 2.44. The Morgan fingerprint density at radius 3 is 2.32 bits per heavy atom. The van der Waals surface area contributed by atoms with Crippen LogP contribution in [-0.2, 0) is 14.3 Å². The third-order valence-corrected chi connectivity index (χ3v) is 4.18. The molecule has 0 aromatic rings. The van der Waals surface area contributed by atoms with E-state index in [0.29, 0.717) is 0 Å². The van der Waals surface area contributed by atoms with Crippen LogP contribution in [0, 0.1) is 0 Å². The smallest absolute Gasteiger partial charge is 0.220 e. The van der Waals surface area contributed by atoms with Crippen LogP contribution >= 0.6 is 0 Å². The molecule has 1 heterocycles. The molecule has 0 aromatic carbocycles. The predicted octanol–water partition coefficient (Wildman–Crippen LogP) is -3.17. The summed E-state index contributed by atoms with van der Waals surface area (Å²) < 4.78 is 10.5. The van der Waals surface area contributed by atoms with Crippen molar-refractivity contribution in [3.8, 4) is 0 Å². The highest BCUT2D eigenvalue weighted by molar-refractivity contribution is 5.75. The third kappa shape index (κ3) is 5.83. The van der Waals surface area contributed by atoms with Crippen molar-refractivity contribution >= 4 is 5.91 Å². The molecule has 1 amide bonds. The predicted molar refractivity (Wildman–Crippen MR) is 84.2 cm³/mol. The standard InChI is InChI=1S/C15H29NO9/c1-3-8(18)11(20)7(16-10(19)4-2)6-24-15-14(23)13(22)12(21)9(5-17)25-15/h7-9,11-15,17-18,20-23H,3-6H2,1-2H3,(H,16,19)/t7-,8+,9?,11-,12+,13-,14?,15-/m0/s1. The van der Waals surface area contributed by atoms with Crippen molar-refractivity contribution < 1.29 is 44.9 Å². The van der Waals surface area contributed by atoms with Crippen LogP contribution in [0.15, 0.2) is 0 Å². The zero-order valence-corrected chi connectivity index (χ0v) is 14.4. The van der Waals surface area contributed by atoms with Crippen LogP contribution in [0.1, 0.15) is 26.7 Å². The summed E-state index contributed by atoms with van der Waals surface area (Å²) in [6.07, 6.45) is -9.21. The Bertz CT molecular complexity index is 408. The van der Waals surface area contributed by atoms with Crippen LogP contribution < -0.4 is 5.32 Å². The molecule has 0 saturated carbocycles. The maximum atomic E-state index is 11.6. The van der Waals surface area contributed by atoms with E-state index in [4.69, 9.17) is 14.6 Å². The number of amides is 1.